The number of aromatic nitrogens is 4. The topological polar surface area (TPSA) is 176 Å². The second kappa shape index (κ2) is 10.7. The molecule has 0 unspecified atom stereocenters. The molecule has 0 aromatic carbocycles. The first-order valence-electron chi connectivity index (χ1n) is 10.2. The number of carbonyl (C=O) groups excluding carboxylic acids is 2. The number of thioether (sulfide) groups is 2. The zero-order valence-electron chi connectivity index (χ0n) is 18.3. The Bertz CT molecular complexity index is 1260. The second-order valence-corrected chi connectivity index (χ2v) is 12.5. The van der Waals surface area contributed by atoms with Crippen LogP contribution in [0.3, 0.4) is 0 Å². The van der Waals surface area contributed by atoms with Crippen molar-refractivity contribution in [2.45, 2.75) is 29.5 Å². The molecule has 2 aliphatic rings. The standard InChI is InChI=1S/C18H21N7O6S4/c1-35(30,31)19-4-5-24-18(21-22-23-24)34-9-10-8-33-16-13(15(27)25(16)14(10)17(28)29)20-12(26)7-11-3-2-6-32-11/h2-3,6,13,16,19H,4-5,7-9H2,1H3,(H,20,26)(H,28,29)/t13-,16-/m1/s1. The predicted molar refractivity (Wildman–Crippen MR) is 129 cm³/mol. The number of hydrogen-bond acceptors (Lipinski definition) is 11. The molecule has 2 aromatic rings. The molecule has 4 heterocycles. The van der Waals surface area contributed by atoms with Crippen LogP contribution in [0.15, 0.2) is 33.9 Å². The van der Waals surface area contributed by atoms with Crippen molar-refractivity contribution in [3.05, 3.63) is 33.7 Å². The van der Waals surface area contributed by atoms with Gasteiger partial charge in [-0.1, -0.05) is 17.8 Å². The van der Waals surface area contributed by atoms with Gasteiger partial charge in [-0.2, -0.15) is 0 Å². The third-order valence-electron chi connectivity index (χ3n) is 5.04. The Kier molecular flexibility index (Phi) is 7.80. The maximum atomic E-state index is 12.8. The highest BCUT2D eigenvalue weighted by atomic mass is 32.2. The van der Waals surface area contributed by atoms with Crippen molar-refractivity contribution in [3.8, 4) is 0 Å². The number of sulfonamides is 1. The normalized spacial score (nSPS) is 19.9. The lowest BCUT2D eigenvalue weighted by atomic mass is 10.0. The predicted octanol–water partition coefficient (Wildman–Crippen LogP) is -0.643. The van der Waals surface area contributed by atoms with Crippen LogP contribution in [0, 0.1) is 0 Å². The van der Waals surface area contributed by atoms with E-state index in [9.17, 15) is 27.9 Å². The van der Waals surface area contributed by atoms with Crippen LogP contribution in [0.25, 0.3) is 0 Å². The van der Waals surface area contributed by atoms with Gasteiger partial charge in [0, 0.05) is 22.9 Å². The molecular weight excluding hydrogens is 539 g/mol. The van der Waals surface area contributed by atoms with Crippen molar-refractivity contribution in [1.82, 2.24) is 35.1 Å². The van der Waals surface area contributed by atoms with E-state index in [0.29, 0.717) is 16.5 Å². The van der Waals surface area contributed by atoms with E-state index in [2.05, 4.69) is 25.6 Å². The van der Waals surface area contributed by atoms with Crippen molar-refractivity contribution in [2.24, 2.45) is 0 Å². The van der Waals surface area contributed by atoms with Gasteiger partial charge >= 0.3 is 5.97 Å². The average molecular weight is 560 g/mol. The summed E-state index contributed by atoms with van der Waals surface area (Å²) in [6, 6.07) is 2.91. The number of rotatable bonds is 11. The van der Waals surface area contributed by atoms with Crippen LogP contribution in [0.2, 0.25) is 0 Å². The van der Waals surface area contributed by atoms with Gasteiger partial charge in [0.15, 0.2) is 0 Å². The minimum absolute atomic E-state index is 0.0900. The van der Waals surface area contributed by atoms with Crippen LogP contribution >= 0.6 is 34.9 Å². The Morgan fingerprint density at radius 1 is 1.37 bits per heavy atom. The van der Waals surface area contributed by atoms with Gasteiger partial charge in [0.2, 0.25) is 21.1 Å². The van der Waals surface area contributed by atoms with Crippen LogP contribution in [0.1, 0.15) is 4.88 Å². The van der Waals surface area contributed by atoms with Crippen LogP contribution in [-0.2, 0) is 37.4 Å². The first-order chi connectivity index (χ1) is 16.6. The summed E-state index contributed by atoms with van der Waals surface area (Å²) < 4.78 is 26.2. The fourth-order valence-electron chi connectivity index (χ4n) is 3.52. The summed E-state index contributed by atoms with van der Waals surface area (Å²) in [5, 5.41) is 25.6. The fraction of sp³-hybridized carbons (Fsp3) is 0.444. The van der Waals surface area contributed by atoms with Gasteiger partial charge in [-0.15, -0.1) is 28.2 Å². The Morgan fingerprint density at radius 3 is 2.86 bits per heavy atom. The number of carbonyl (C=O) groups is 3. The van der Waals surface area contributed by atoms with Gasteiger partial charge in [-0.3, -0.25) is 14.5 Å². The van der Waals surface area contributed by atoms with Crippen molar-refractivity contribution >= 4 is 62.7 Å². The number of tetrazole rings is 1. The van der Waals surface area contributed by atoms with E-state index >= 15 is 0 Å². The molecule has 2 atom stereocenters. The molecule has 2 aliphatic heterocycles. The van der Waals surface area contributed by atoms with Gasteiger partial charge in [-0.25, -0.2) is 22.6 Å². The highest BCUT2D eigenvalue weighted by Crippen LogP contribution is 2.41. The molecule has 1 fully saturated rings. The number of β-lactam (4-membered cyclic amide) rings is 1. The van der Waals surface area contributed by atoms with Crippen molar-refractivity contribution in [3.63, 3.8) is 0 Å². The minimum Gasteiger partial charge on any atom is -0.477 e. The number of carboxylic acid groups (broad SMARTS) is 1. The number of nitrogens with one attached hydrogen (secondary N) is 2. The Labute approximate surface area is 212 Å². The summed E-state index contributed by atoms with van der Waals surface area (Å²) in [4.78, 5) is 39.3. The molecule has 0 bridgehead atoms. The molecule has 17 heteroatoms. The molecular formula is C18H21N7O6S4. The average Bonchev–Trinajstić information content (AvgIpc) is 3.46. The van der Waals surface area contributed by atoms with Gasteiger partial charge in [0.1, 0.15) is 17.1 Å². The summed E-state index contributed by atoms with van der Waals surface area (Å²) in [5.41, 5.74) is 0.442. The van der Waals surface area contributed by atoms with Gasteiger partial charge in [-0.05, 0) is 27.4 Å². The number of hydrogen-bond donors (Lipinski definition) is 3. The molecule has 35 heavy (non-hydrogen) atoms. The first-order valence-corrected chi connectivity index (χ1v) is 15.0. The van der Waals surface area contributed by atoms with E-state index in [-0.39, 0.29) is 36.9 Å². The molecule has 0 aliphatic carbocycles. The van der Waals surface area contributed by atoms with Crippen molar-refractivity contribution in [1.29, 1.82) is 0 Å². The molecule has 188 valence electrons. The maximum Gasteiger partial charge on any atom is 0.352 e. The second-order valence-electron chi connectivity index (χ2n) is 7.61. The molecule has 2 amide bonds. The largest absolute Gasteiger partial charge is 0.477 e. The monoisotopic (exact) mass is 559 g/mol. The number of aliphatic carboxylic acids is 1. The maximum absolute atomic E-state index is 12.8. The quantitative estimate of drug-likeness (QED) is 0.236. The Balaban J connectivity index is 1.39. The van der Waals surface area contributed by atoms with Crippen LogP contribution in [0.5, 0.6) is 0 Å². The van der Waals surface area contributed by atoms with E-state index < -0.39 is 33.3 Å². The van der Waals surface area contributed by atoms with Gasteiger partial charge in [0.25, 0.3) is 5.91 Å². The molecule has 1 saturated heterocycles. The van der Waals surface area contributed by atoms with Crippen LogP contribution in [-0.4, -0.2) is 92.1 Å². The lowest BCUT2D eigenvalue weighted by Gasteiger charge is -2.49. The number of fused-ring (bicyclic) bond motifs is 1. The summed E-state index contributed by atoms with van der Waals surface area (Å²) in [6.07, 6.45) is 1.21. The third kappa shape index (κ3) is 6.03. The van der Waals surface area contributed by atoms with E-state index in [1.165, 1.54) is 44.4 Å². The van der Waals surface area contributed by atoms with Gasteiger partial charge in [0.05, 0.1) is 19.2 Å². The molecule has 0 spiro atoms. The van der Waals surface area contributed by atoms with E-state index in [1.54, 1.807) is 0 Å². The molecule has 0 saturated carbocycles. The molecule has 4 rings (SSSR count). The molecule has 13 nitrogen and oxygen atoms in total. The number of carboxylic acids is 1. The molecule has 2 aromatic heterocycles. The molecule has 0 radical (unpaired) electrons. The first kappa shape index (κ1) is 25.6. The summed E-state index contributed by atoms with van der Waals surface area (Å²) in [5.74, 6) is -1.39. The Morgan fingerprint density at radius 2 is 2.17 bits per heavy atom. The summed E-state index contributed by atoms with van der Waals surface area (Å²) in [6.45, 7) is 0.293. The zero-order chi connectivity index (χ0) is 25.2. The summed E-state index contributed by atoms with van der Waals surface area (Å²) in [7, 11) is -3.35. The lowest BCUT2D eigenvalue weighted by Crippen LogP contribution is -2.70. The summed E-state index contributed by atoms with van der Waals surface area (Å²) >= 11 is 4.02. The number of thiophene rings is 1. The van der Waals surface area contributed by atoms with Crippen LogP contribution < -0.4 is 10.0 Å². The number of amides is 2. The number of nitrogens with zero attached hydrogens (tertiary/aromatic N) is 5. The van der Waals surface area contributed by atoms with Crippen LogP contribution in [0.4, 0.5) is 0 Å². The van der Waals surface area contributed by atoms with E-state index in [1.807, 2.05) is 17.5 Å². The highest BCUT2D eigenvalue weighted by molar-refractivity contribution is 8.01. The Hall–Kier alpha value is -2.47. The highest BCUT2D eigenvalue weighted by Gasteiger charge is 2.54. The van der Waals surface area contributed by atoms with Gasteiger partial charge < -0.3 is 10.4 Å². The fourth-order valence-corrected chi connectivity index (χ4v) is 7.07. The van der Waals surface area contributed by atoms with E-state index in [0.717, 1.165) is 11.1 Å². The lowest BCUT2D eigenvalue weighted by molar-refractivity contribution is -0.150. The van der Waals surface area contributed by atoms with Crippen molar-refractivity contribution in [2.75, 3.05) is 24.3 Å². The van der Waals surface area contributed by atoms with Crippen molar-refractivity contribution < 1.29 is 27.9 Å². The smallest absolute Gasteiger partial charge is 0.352 e. The van der Waals surface area contributed by atoms with E-state index in [4.69, 9.17) is 0 Å². The zero-order valence-corrected chi connectivity index (χ0v) is 21.5. The third-order valence-corrected chi connectivity index (χ3v) is 9.03. The molecule has 3 N–H and O–H groups in total. The SMILES string of the molecule is CS(=O)(=O)NCCn1nnnc1SCC1=C(C(=O)O)N2C(=O)[C@@H](NC(=O)Cc3cccs3)[C@H]2SC1. The minimum atomic E-state index is -3.35.